The third kappa shape index (κ3) is 7.48. The van der Waals surface area contributed by atoms with Gasteiger partial charge in [0.1, 0.15) is 17.4 Å². The van der Waals surface area contributed by atoms with Crippen LogP contribution in [0.25, 0.3) is 6.08 Å². The number of hydrogen-bond acceptors (Lipinski definition) is 4. The maximum atomic E-state index is 12.0. The Labute approximate surface area is 137 Å². The zero-order valence-electron chi connectivity index (χ0n) is 14.0. The molecule has 1 aromatic rings. The highest BCUT2D eigenvalue weighted by Crippen LogP contribution is 2.15. The summed E-state index contributed by atoms with van der Waals surface area (Å²) in [4.78, 5) is 12.0. The van der Waals surface area contributed by atoms with E-state index < -0.39 is 0 Å². The van der Waals surface area contributed by atoms with Gasteiger partial charge in [-0.05, 0) is 51.0 Å². The zero-order valence-corrected chi connectivity index (χ0v) is 14.0. The molecule has 1 aromatic carbocycles. The minimum absolute atomic E-state index is 0.0823. The smallest absolute Gasteiger partial charge is 0.261 e. The maximum Gasteiger partial charge on any atom is 0.261 e. The molecular formula is C18H24N2O3. The minimum Gasteiger partial charge on any atom is -0.491 e. The average molecular weight is 316 g/mol. The van der Waals surface area contributed by atoms with Gasteiger partial charge in [-0.2, -0.15) is 5.26 Å². The third-order valence-corrected chi connectivity index (χ3v) is 2.88. The summed E-state index contributed by atoms with van der Waals surface area (Å²) in [6, 6.07) is 9.21. The van der Waals surface area contributed by atoms with Crippen LogP contribution in [0.15, 0.2) is 29.8 Å². The second-order valence-corrected chi connectivity index (χ2v) is 5.21. The molecule has 0 radical (unpaired) electrons. The number of nitrogens with one attached hydrogen (secondary N) is 1. The summed E-state index contributed by atoms with van der Waals surface area (Å²) in [6.07, 6.45) is 2.39. The summed E-state index contributed by atoms with van der Waals surface area (Å²) in [5, 5.41) is 11.9. The number of rotatable bonds is 9. The van der Waals surface area contributed by atoms with Gasteiger partial charge in [0.25, 0.3) is 5.91 Å². The van der Waals surface area contributed by atoms with Crippen LogP contribution in [0.5, 0.6) is 5.75 Å². The number of carbonyl (C=O) groups is 1. The molecule has 0 unspecified atom stereocenters. The van der Waals surface area contributed by atoms with E-state index in [-0.39, 0.29) is 17.6 Å². The Kier molecular flexibility index (Phi) is 8.48. The molecule has 0 fully saturated rings. The van der Waals surface area contributed by atoms with E-state index in [1.54, 1.807) is 6.08 Å². The summed E-state index contributed by atoms with van der Waals surface area (Å²) in [5.41, 5.74) is 0.862. The fourth-order valence-corrected chi connectivity index (χ4v) is 1.85. The number of ether oxygens (including phenoxy) is 2. The summed E-state index contributed by atoms with van der Waals surface area (Å²) in [7, 11) is 0. The van der Waals surface area contributed by atoms with Gasteiger partial charge in [0.2, 0.25) is 0 Å². The lowest BCUT2D eigenvalue weighted by Crippen LogP contribution is -2.26. The number of hydrogen-bond donors (Lipinski definition) is 1. The van der Waals surface area contributed by atoms with Gasteiger partial charge < -0.3 is 14.8 Å². The average Bonchev–Trinajstić information content (AvgIpc) is 2.53. The summed E-state index contributed by atoms with van der Waals surface area (Å²) in [5.74, 6) is 0.391. The predicted octanol–water partition coefficient (Wildman–Crippen LogP) is 2.92. The maximum absolute atomic E-state index is 12.0. The molecule has 0 bridgehead atoms. The van der Waals surface area contributed by atoms with Crippen LogP contribution in [0.4, 0.5) is 0 Å². The van der Waals surface area contributed by atoms with Gasteiger partial charge in [-0.25, -0.2) is 0 Å². The van der Waals surface area contributed by atoms with Gasteiger partial charge in [-0.3, -0.25) is 4.79 Å². The van der Waals surface area contributed by atoms with E-state index in [9.17, 15) is 4.79 Å². The first kappa shape index (κ1) is 18.7. The lowest BCUT2D eigenvalue weighted by molar-refractivity contribution is -0.117. The van der Waals surface area contributed by atoms with Crippen molar-refractivity contribution >= 4 is 12.0 Å². The molecule has 5 heteroatoms. The van der Waals surface area contributed by atoms with Crippen LogP contribution >= 0.6 is 0 Å². The van der Waals surface area contributed by atoms with Gasteiger partial charge >= 0.3 is 0 Å². The second-order valence-electron chi connectivity index (χ2n) is 5.21. The van der Waals surface area contributed by atoms with Crippen molar-refractivity contribution in [3.8, 4) is 11.8 Å². The SMILES string of the molecule is CCOCCCNC(=O)/C(C#N)=C/c1ccc(OC(C)C)cc1. The first-order chi connectivity index (χ1) is 11.1. The molecule has 0 heterocycles. The molecule has 0 aliphatic carbocycles. The Morgan fingerprint density at radius 1 is 1.35 bits per heavy atom. The first-order valence-corrected chi connectivity index (χ1v) is 7.81. The van der Waals surface area contributed by atoms with Crippen LogP contribution in [0.3, 0.4) is 0 Å². The van der Waals surface area contributed by atoms with Crippen LogP contribution in [-0.4, -0.2) is 31.8 Å². The van der Waals surface area contributed by atoms with E-state index >= 15 is 0 Å². The second kappa shape index (κ2) is 10.4. The van der Waals surface area contributed by atoms with E-state index in [4.69, 9.17) is 14.7 Å². The van der Waals surface area contributed by atoms with Crippen molar-refractivity contribution in [3.63, 3.8) is 0 Å². The molecule has 23 heavy (non-hydrogen) atoms. The fraction of sp³-hybridized carbons (Fsp3) is 0.444. The van der Waals surface area contributed by atoms with Gasteiger partial charge in [0.05, 0.1) is 6.10 Å². The number of nitriles is 1. The lowest BCUT2D eigenvalue weighted by Gasteiger charge is -2.09. The molecule has 5 nitrogen and oxygen atoms in total. The monoisotopic (exact) mass is 316 g/mol. The first-order valence-electron chi connectivity index (χ1n) is 7.81. The number of amides is 1. The Hall–Kier alpha value is -2.32. The topological polar surface area (TPSA) is 71.3 Å². The van der Waals surface area contributed by atoms with Crippen LogP contribution in [0.1, 0.15) is 32.8 Å². The van der Waals surface area contributed by atoms with E-state index in [2.05, 4.69) is 5.32 Å². The number of carbonyl (C=O) groups excluding carboxylic acids is 1. The van der Waals surface area contributed by atoms with Gasteiger partial charge in [0.15, 0.2) is 0 Å². The Morgan fingerprint density at radius 2 is 2.04 bits per heavy atom. The highest BCUT2D eigenvalue weighted by atomic mass is 16.5. The fourth-order valence-electron chi connectivity index (χ4n) is 1.85. The predicted molar refractivity (Wildman–Crippen MR) is 89.9 cm³/mol. The molecule has 0 spiro atoms. The molecule has 0 aromatic heterocycles. The molecule has 0 saturated carbocycles. The van der Waals surface area contributed by atoms with Crippen molar-refractivity contribution in [2.75, 3.05) is 19.8 Å². The van der Waals surface area contributed by atoms with Crippen LogP contribution in [0, 0.1) is 11.3 Å². The van der Waals surface area contributed by atoms with E-state index in [0.717, 1.165) is 17.7 Å². The van der Waals surface area contributed by atoms with Gasteiger partial charge in [0, 0.05) is 19.8 Å². The van der Waals surface area contributed by atoms with Crippen LogP contribution < -0.4 is 10.1 Å². The molecule has 1 amide bonds. The van der Waals surface area contributed by atoms with Crippen molar-refractivity contribution in [2.24, 2.45) is 0 Å². The largest absolute Gasteiger partial charge is 0.491 e. The Morgan fingerprint density at radius 3 is 2.61 bits per heavy atom. The van der Waals surface area contributed by atoms with E-state index in [0.29, 0.717) is 19.8 Å². The van der Waals surface area contributed by atoms with Gasteiger partial charge in [-0.15, -0.1) is 0 Å². The van der Waals surface area contributed by atoms with Crippen LogP contribution in [-0.2, 0) is 9.53 Å². The number of benzene rings is 1. The summed E-state index contributed by atoms with van der Waals surface area (Å²) >= 11 is 0. The summed E-state index contributed by atoms with van der Waals surface area (Å²) < 4.78 is 10.7. The van der Waals surface area contributed by atoms with Crippen molar-refractivity contribution < 1.29 is 14.3 Å². The van der Waals surface area contributed by atoms with Gasteiger partial charge in [-0.1, -0.05) is 12.1 Å². The van der Waals surface area contributed by atoms with Crippen molar-refractivity contribution in [1.82, 2.24) is 5.32 Å². The van der Waals surface area contributed by atoms with Crippen molar-refractivity contribution in [2.45, 2.75) is 33.3 Å². The molecular weight excluding hydrogens is 292 g/mol. The quantitative estimate of drug-likeness (QED) is 0.432. The highest BCUT2D eigenvalue weighted by Gasteiger charge is 2.08. The molecule has 1 rings (SSSR count). The molecule has 124 valence electrons. The molecule has 0 aliphatic heterocycles. The standard InChI is InChI=1S/C18H24N2O3/c1-4-22-11-5-10-20-18(21)16(13-19)12-15-6-8-17(9-7-15)23-14(2)3/h6-9,12,14H,4-5,10-11H2,1-3H3,(H,20,21)/b16-12+. The molecule has 0 aliphatic rings. The lowest BCUT2D eigenvalue weighted by atomic mass is 10.1. The van der Waals surface area contributed by atoms with Crippen molar-refractivity contribution in [1.29, 1.82) is 5.26 Å². The highest BCUT2D eigenvalue weighted by molar-refractivity contribution is 6.01. The summed E-state index contributed by atoms with van der Waals surface area (Å²) in [6.45, 7) is 7.58. The Balaban J connectivity index is 2.60. The third-order valence-electron chi connectivity index (χ3n) is 2.88. The Bertz CT molecular complexity index is 557. The van der Waals surface area contributed by atoms with E-state index in [1.807, 2.05) is 51.1 Å². The van der Waals surface area contributed by atoms with E-state index in [1.165, 1.54) is 0 Å². The zero-order chi connectivity index (χ0) is 17.1. The molecule has 1 N–H and O–H groups in total. The molecule has 0 atom stereocenters. The minimum atomic E-state index is -0.369. The molecule has 0 saturated heterocycles. The number of nitrogens with zero attached hydrogens (tertiary/aromatic N) is 1. The van der Waals surface area contributed by atoms with Crippen molar-refractivity contribution in [3.05, 3.63) is 35.4 Å². The normalized spacial score (nSPS) is 11.2. The van der Waals surface area contributed by atoms with Crippen LogP contribution in [0.2, 0.25) is 0 Å².